The highest BCUT2D eigenvalue weighted by atomic mass is 16.5. The number of carbonyl (C=O) groups excluding carboxylic acids is 1. The van der Waals surface area contributed by atoms with Crippen molar-refractivity contribution in [3.8, 4) is 23.8 Å². The molecule has 0 N–H and O–H groups in total. The molecule has 0 bridgehead atoms. The summed E-state index contributed by atoms with van der Waals surface area (Å²) in [6.45, 7) is 10.3. The Morgan fingerprint density at radius 2 is 1.68 bits per heavy atom. The summed E-state index contributed by atoms with van der Waals surface area (Å²) in [4.78, 5) is 22.2. The van der Waals surface area contributed by atoms with Gasteiger partial charge in [0.25, 0.3) is 0 Å². The zero-order chi connectivity index (χ0) is 24.5. The van der Waals surface area contributed by atoms with Crippen LogP contribution in [0.1, 0.15) is 63.6 Å². The molecule has 0 spiro atoms. The van der Waals surface area contributed by atoms with Gasteiger partial charge in [0.1, 0.15) is 17.3 Å². The Labute approximate surface area is 201 Å². The van der Waals surface area contributed by atoms with Crippen molar-refractivity contribution in [1.82, 2.24) is 9.97 Å². The Morgan fingerprint density at radius 1 is 1.03 bits per heavy atom. The molecule has 1 aliphatic carbocycles. The van der Waals surface area contributed by atoms with Crippen molar-refractivity contribution in [2.75, 3.05) is 0 Å². The smallest absolute Gasteiger partial charge is 0.311 e. The number of esters is 1. The minimum Gasteiger partial charge on any atom is -0.457 e. The second kappa shape index (κ2) is 8.95. The summed E-state index contributed by atoms with van der Waals surface area (Å²) in [5.74, 6) is 4.09. The number of aromatic nitrogens is 2. The number of hydrogen-bond donors (Lipinski definition) is 0. The van der Waals surface area contributed by atoms with E-state index in [1.54, 1.807) is 6.07 Å². The van der Waals surface area contributed by atoms with Gasteiger partial charge in [-0.3, -0.25) is 4.79 Å². The van der Waals surface area contributed by atoms with E-state index in [1.165, 1.54) is 0 Å². The molecule has 5 heteroatoms. The number of ether oxygens (including phenoxy) is 2. The van der Waals surface area contributed by atoms with Crippen molar-refractivity contribution in [1.29, 1.82) is 0 Å². The van der Waals surface area contributed by atoms with E-state index >= 15 is 0 Å². The summed E-state index contributed by atoms with van der Waals surface area (Å²) in [6, 6.07) is 16.8. The molecule has 4 rings (SSSR count). The highest BCUT2D eigenvalue weighted by Gasteiger charge is 2.63. The zero-order valence-electron chi connectivity index (χ0n) is 20.3. The van der Waals surface area contributed by atoms with Gasteiger partial charge < -0.3 is 9.47 Å². The van der Waals surface area contributed by atoms with Crippen LogP contribution in [0, 0.1) is 23.7 Å². The lowest BCUT2D eigenvalue weighted by molar-refractivity contribution is -0.149. The van der Waals surface area contributed by atoms with Crippen molar-refractivity contribution < 1.29 is 14.3 Å². The van der Waals surface area contributed by atoms with Crippen LogP contribution < -0.4 is 4.74 Å². The highest BCUT2D eigenvalue weighted by Crippen LogP contribution is 2.64. The first kappa shape index (κ1) is 23.5. The van der Waals surface area contributed by atoms with Gasteiger partial charge in [0.2, 0.25) is 0 Å². The van der Waals surface area contributed by atoms with E-state index in [0.29, 0.717) is 11.3 Å². The molecule has 34 heavy (non-hydrogen) atoms. The van der Waals surface area contributed by atoms with Crippen LogP contribution in [0.2, 0.25) is 0 Å². The van der Waals surface area contributed by atoms with Crippen LogP contribution in [0.5, 0.6) is 11.5 Å². The van der Waals surface area contributed by atoms with Gasteiger partial charge in [-0.05, 0) is 35.2 Å². The molecule has 1 aromatic heterocycles. The van der Waals surface area contributed by atoms with Crippen LogP contribution in [-0.2, 0) is 14.9 Å². The molecule has 3 atom stereocenters. The molecular weight excluding hydrogens is 424 g/mol. The minimum absolute atomic E-state index is 0.0137. The van der Waals surface area contributed by atoms with Gasteiger partial charge in [0.15, 0.2) is 6.10 Å². The normalized spacial score (nSPS) is 19.5. The highest BCUT2D eigenvalue weighted by molar-refractivity contribution is 5.80. The van der Waals surface area contributed by atoms with Gasteiger partial charge in [0, 0.05) is 29.3 Å². The van der Waals surface area contributed by atoms with E-state index in [-0.39, 0.29) is 28.6 Å². The van der Waals surface area contributed by atoms with E-state index in [9.17, 15) is 4.79 Å². The van der Waals surface area contributed by atoms with Crippen LogP contribution in [0.4, 0.5) is 0 Å². The van der Waals surface area contributed by atoms with E-state index < -0.39 is 6.10 Å². The molecule has 2 aromatic carbocycles. The maximum absolute atomic E-state index is 13.2. The zero-order valence-corrected chi connectivity index (χ0v) is 20.3. The molecule has 1 heterocycles. The molecule has 3 aromatic rings. The minimum atomic E-state index is -0.802. The topological polar surface area (TPSA) is 61.3 Å². The number of para-hydroxylation sites is 1. The summed E-state index contributed by atoms with van der Waals surface area (Å²) in [5.41, 5.74) is 1.24. The maximum Gasteiger partial charge on any atom is 0.311 e. The second-order valence-corrected chi connectivity index (χ2v) is 10.3. The monoisotopic (exact) mass is 454 g/mol. The molecule has 1 saturated carbocycles. The lowest BCUT2D eigenvalue weighted by atomic mass is 9.95. The van der Waals surface area contributed by atoms with Gasteiger partial charge in [-0.2, -0.15) is 0 Å². The molecule has 0 amide bonds. The summed E-state index contributed by atoms with van der Waals surface area (Å²) in [7, 11) is 0. The first-order chi connectivity index (χ1) is 16.1. The van der Waals surface area contributed by atoms with E-state index in [0.717, 1.165) is 17.1 Å². The fourth-order valence-corrected chi connectivity index (χ4v) is 4.34. The number of terminal acetylenes is 1. The number of carbonyl (C=O) groups is 1. The number of rotatable bonds is 6. The first-order valence-electron chi connectivity index (χ1n) is 11.4. The molecule has 1 unspecified atom stereocenters. The van der Waals surface area contributed by atoms with Gasteiger partial charge in [-0.1, -0.05) is 70.9 Å². The summed E-state index contributed by atoms with van der Waals surface area (Å²) in [6.07, 6.45) is 8.62. The Kier molecular flexibility index (Phi) is 6.18. The molecule has 0 radical (unpaired) electrons. The lowest BCUT2D eigenvalue weighted by Crippen LogP contribution is -2.16. The van der Waals surface area contributed by atoms with Crippen LogP contribution in [0.3, 0.4) is 0 Å². The van der Waals surface area contributed by atoms with Crippen LogP contribution in [0.15, 0.2) is 67.0 Å². The van der Waals surface area contributed by atoms with Crippen molar-refractivity contribution in [3.63, 3.8) is 0 Å². The van der Waals surface area contributed by atoms with Crippen LogP contribution >= 0.6 is 0 Å². The number of nitrogens with zero attached hydrogens (tertiary/aromatic N) is 2. The Morgan fingerprint density at radius 3 is 2.29 bits per heavy atom. The summed E-state index contributed by atoms with van der Waals surface area (Å²) >= 11 is 0. The molecule has 1 fully saturated rings. The molecule has 1 aliphatic rings. The number of hydrogen-bond acceptors (Lipinski definition) is 5. The maximum atomic E-state index is 13.2. The number of benzene rings is 2. The third-order valence-electron chi connectivity index (χ3n) is 6.31. The van der Waals surface area contributed by atoms with Crippen molar-refractivity contribution >= 4 is 5.97 Å². The van der Waals surface area contributed by atoms with E-state index in [2.05, 4.69) is 50.5 Å². The van der Waals surface area contributed by atoms with Gasteiger partial charge in [-0.25, -0.2) is 9.97 Å². The second-order valence-electron chi connectivity index (χ2n) is 10.3. The van der Waals surface area contributed by atoms with Crippen molar-refractivity contribution in [3.05, 3.63) is 83.9 Å². The van der Waals surface area contributed by atoms with Gasteiger partial charge in [-0.15, -0.1) is 6.42 Å². The largest absolute Gasteiger partial charge is 0.457 e. The molecule has 174 valence electrons. The SMILES string of the molecule is C#CC(OC(=O)[C@H]1[C@H](c2cnc(C(C)(C)C)nc2)C1(C)C)c1cccc(Oc2ccccc2)c1. The first-order valence-corrected chi connectivity index (χ1v) is 11.4. The van der Waals surface area contributed by atoms with Gasteiger partial charge >= 0.3 is 5.97 Å². The fourth-order valence-electron chi connectivity index (χ4n) is 4.34. The van der Waals surface area contributed by atoms with E-state index in [1.807, 2.05) is 60.9 Å². The summed E-state index contributed by atoms with van der Waals surface area (Å²) < 4.78 is 11.7. The Bertz CT molecular complexity index is 1200. The third kappa shape index (κ3) is 4.82. The molecular formula is C29H30N2O3. The van der Waals surface area contributed by atoms with Crippen molar-refractivity contribution in [2.45, 2.75) is 52.1 Å². The van der Waals surface area contributed by atoms with Crippen LogP contribution in [-0.4, -0.2) is 15.9 Å². The third-order valence-corrected chi connectivity index (χ3v) is 6.31. The molecule has 0 aliphatic heterocycles. The molecule has 5 nitrogen and oxygen atoms in total. The predicted molar refractivity (Wildman–Crippen MR) is 131 cm³/mol. The van der Waals surface area contributed by atoms with Crippen LogP contribution in [0.25, 0.3) is 0 Å². The van der Waals surface area contributed by atoms with E-state index in [4.69, 9.17) is 15.9 Å². The lowest BCUT2D eigenvalue weighted by Gasteiger charge is -2.16. The van der Waals surface area contributed by atoms with Crippen molar-refractivity contribution in [2.24, 2.45) is 11.3 Å². The standard InChI is InChI=1S/C29H30N2O3/c1-7-23(19-12-11-15-22(16-19)33-21-13-9-8-10-14-21)34-26(32)25-24(29(25,5)6)20-17-30-27(31-18-20)28(2,3)4/h1,8-18,23-25H,2-6H3/t23?,24-,25+/m0/s1. The predicted octanol–water partition coefficient (Wildman–Crippen LogP) is 6.22. The summed E-state index contributed by atoms with van der Waals surface area (Å²) in [5, 5.41) is 0. The molecule has 0 saturated heterocycles. The average molecular weight is 455 g/mol. The fraction of sp³-hybridized carbons (Fsp3) is 0.345. The average Bonchev–Trinajstić information content (AvgIpc) is 3.39. The quantitative estimate of drug-likeness (QED) is 0.327. The Balaban J connectivity index is 1.47. The Hall–Kier alpha value is -3.65. The van der Waals surface area contributed by atoms with Gasteiger partial charge in [0.05, 0.1) is 5.92 Å².